The average molecular weight is 362 g/mol. The molecule has 0 bridgehead atoms. The highest BCUT2D eigenvalue weighted by molar-refractivity contribution is 8.13. The Morgan fingerprint density at radius 1 is 1.04 bits per heavy atom. The fraction of sp³-hybridized carbons (Fsp3) is 0.529. The standard InChI is InChI=1S/C17H22N4O3S/c22-15(4-6-21-11-12-25-17(21)24)19-7-9-20(10-8-19)16(23)13-14-3-1-2-5-18-14/h1-3,5H,4,6-13H2. The van der Waals surface area contributed by atoms with Crippen molar-refractivity contribution in [1.29, 1.82) is 0 Å². The van der Waals surface area contributed by atoms with E-state index in [-0.39, 0.29) is 17.1 Å². The van der Waals surface area contributed by atoms with Crippen molar-refractivity contribution in [3.63, 3.8) is 0 Å². The van der Waals surface area contributed by atoms with E-state index in [1.165, 1.54) is 11.8 Å². The van der Waals surface area contributed by atoms with Gasteiger partial charge in [0, 0.05) is 63.3 Å². The predicted octanol–water partition coefficient (Wildman–Crippen LogP) is 0.854. The van der Waals surface area contributed by atoms with E-state index in [0.29, 0.717) is 45.6 Å². The molecule has 7 nitrogen and oxygen atoms in total. The number of carbonyl (C=O) groups excluding carboxylic acids is 3. The van der Waals surface area contributed by atoms with Gasteiger partial charge in [0.1, 0.15) is 0 Å². The maximum absolute atomic E-state index is 12.3. The maximum atomic E-state index is 12.3. The Morgan fingerprint density at radius 2 is 1.76 bits per heavy atom. The number of rotatable bonds is 5. The van der Waals surface area contributed by atoms with Crippen molar-refractivity contribution >= 4 is 28.8 Å². The van der Waals surface area contributed by atoms with Gasteiger partial charge in [0.2, 0.25) is 11.8 Å². The second-order valence-corrected chi connectivity index (χ2v) is 7.16. The Bertz CT molecular complexity index is 632. The first-order valence-electron chi connectivity index (χ1n) is 8.50. The van der Waals surface area contributed by atoms with Gasteiger partial charge in [0.25, 0.3) is 5.24 Å². The first-order valence-corrected chi connectivity index (χ1v) is 9.49. The third kappa shape index (κ3) is 4.72. The smallest absolute Gasteiger partial charge is 0.281 e. The minimum absolute atomic E-state index is 0.0467. The molecule has 0 aliphatic carbocycles. The van der Waals surface area contributed by atoms with Crippen molar-refractivity contribution in [2.24, 2.45) is 0 Å². The third-order valence-electron chi connectivity index (χ3n) is 4.48. The van der Waals surface area contributed by atoms with Crippen LogP contribution in [0.5, 0.6) is 0 Å². The molecule has 0 saturated carbocycles. The van der Waals surface area contributed by atoms with Gasteiger partial charge in [-0.2, -0.15) is 0 Å². The Hall–Kier alpha value is -2.09. The minimum atomic E-state index is 0.0467. The number of thioether (sulfide) groups is 1. The first-order chi connectivity index (χ1) is 12.1. The molecule has 8 heteroatoms. The van der Waals surface area contributed by atoms with Crippen molar-refractivity contribution in [1.82, 2.24) is 19.7 Å². The van der Waals surface area contributed by atoms with E-state index in [1.54, 1.807) is 20.9 Å². The third-order valence-corrected chi connectivity index (χ3v) is 5.38. The van der Waals surface area contributed by atoms with Gasteiger partial charge in [0.15, 0.2) is 0 Å². The Morgan fingerprint density at radius 3 is 2.36 bits per heavy atom. The molecule has 3 heterocycles. The first kappa shape index (κ1) is 17.7. The Labute approximate surface area is 151 Å². The van der Waals surface area contributed by atoms with Gasteiger partial charge in [-0.05, 0) is 12.1 Å². The van der Waals surface area contributed by atoms with Crippen LogP contribution in [0.2, 0.25) is 0 Å². The lowest BCUT2D eigenvalue weighted by atomic mass is 10.2. The lowest BCUT2D eigenvalue weighted by Gasteiger charge is -2.35. The van der Waals surface area contributed by atoms with Crippen LogP contribution in [0.3, 0.4) is 0 Å². The molecular formula is C17H22N4O3S. The molecule has 3 amide bonds. The zero-order valence-electron chi connectivity index (χ0n) is 14.1. The Kier molecular flexibility index (Phi) is 5.91. The number of hydrogen-bond donors (Lipinski definition) is 0. The number of pyridine rings is 1. The fourth-order valence-corrected chi connectivity index (χ4v) is 3.84. The van der Waals surface area contributed by atoms with Crippen molar-refractivity contribution in [2.45, 2.75) is 12.8 Å². The van der Waals surface area contributed by atoms with Crippen LogP contribution in [0.1, 0.15) is 12.1 Å². The average Bonchev–Trinajstić information content (AvgIpc) is 3.05. The number of aromatic nitrogens is 1. The van der Waals surface area contributed by atoms with Crippen molar-refractivity contribution in [3.8, 4) is 0 Å². The zero-order chi connectivity index (χ0) is 17.6. The number of hydrogen-bond acceptors (Lipinski definition) is 5. The van der Waals surface area contributed by atoms with Crippen LogP contribution in [0, 0.1) is 0 Å². The summed E-state index contributed by atoms with van der Waals surface area (Å²) in [5, 5.41) is 0.0673. The summed E-state index contributed by atoms with van der Waals surface area (Å²) in [6.45, 7) is 3.42. The quantitative estimate of drug-likeness (QED) is 0.777. The topological polar surface area (TPSA) is 73.8 Å². The van der Waals surface area contributed by atoms with Gasteiger partial charge in [-0.25, -0.2) is 0 Å². The second-order valence-electron chi connectivity index (χ2n) is 6.11. The van der Waals surface area contributed by atoms with Crippen LogP contribution in [-0.2, 0) is 16.0 Å². The molecule has 0 atom stereocenters. The van der Waals surface area contributed by atoms with E-state index in [4.69, 9.17) is 0 Å². The maximum Gasteiger partial charge on any atom is 0.281 e. The summed E-state index contributed by atoms with van der Waals surface area (Å²) >= 11 is 1.31. The molecular weight excluding hydrogens is 340 g/mol. The summed E-state index contributed by atoms with van der Waals surface area (Å²) in [6, 6.07) is 5.54. The van der Waals surface area contributed by atoms with Gasteiger partial charge >= 0.3 is 0 Å². The van der Waals surface area contributed by atoms with E-state index in [9.17, 15) is 14.4 Å². The van der Waals surface area contributed by atoms with Gasteiger partial charge in [-0.3, -0.25) is 19.4 Å². The molecule has 2 fully saturated rings. The number of piperazine rings is 1. The van der Waals surface area contributed by atoms with Crippen molar-refractivity contribution in [2.75, 3.05) is 45.0 Å². The Balaban J connectivity index is 1.41. The van der Waals surface area contributed by atoms with E-state index in [1.807, 2.05) is 18.2 Å². The van der Waals surface area contributed by atoms with Gasteiger partial charge < -0.3 is 14.7 Å². The molecule has 2 saturated heterocycles. The largest absolute Gasteiger partial charge is 0.339 e. The molecule has 0 N–H and O–H groups in total. The second kappa shape index (κ2) is 8.33. The molecule has 1 aromatic rings. The van der Waals surface area contributed by atoms with Gasteiger partial charge in [-0.15, -0.1) is 0 Å². The van der Waals surface area contributed by atoms with E-state index in [0.717, 1.165) is 18.0 Å². The van der Waals surface area contributed by atoms with Crippen LogP contribution in [0.25, 0.3) is 0 Å². The summed E-state index contributed by atoms with van der Waals surface area (Å²) in [6.07, 6.45) is 2.33. The minimum Gasteiger partial charge on any atom is -0.339 e. The summed E-state index contributed by atoms with van der Waals surface area (Å²) in [4.78, 5) is 45.6. The highest BCUT2D eigenvalue weighted by Crippen LogP contribution is 2.17. The summed E-state index contributed by atoms with van der Waals surface area (Å²) in [5.41, 5.74) is 0.763. The van der Waals surface area contributed by atoms with Crippen molar-refractivity contribution < 1.29 is 14.4 Å². The van der Waals surface area contributed by atoms with Crippen LogP contribution in [0.15, 0.2) is 24.4 Å². The molecule has 0 spiro atoms. The molecule has 2 aliphatic heterocycles. The lowest BCUT2D eigenvalue weighted by molar-refractivity contribution is -0.139. The zero-order valence-corrected chi connectivity index (χ0v) is 14.9. The SMILES string of the molecule is O=C(CCN1CCSC1=O)N1CCN(C(=O)Cc2ccccn2)CC1. The lowest BCUT2D eigenvalue weighted by Crippen LogP contribution is -2.51. The highest BCUT2D eigenvalue weighted by atomic mass is 32.2. The van der Waals surface area contributed by atoms with Crippen LogP contribution in [-0.4, -0.2) is 81.8 Å². The van der Waals surface area contributed by atoms with Gasteiger partial charge in [-0.1, -0.05) is 17.8 Å². The highest BCUT2D eigenvalue weighted by Gasteiger charge is 2.26. The molecule has 3 rings (SSSR count). The van der Waals surface area contributed by atoms with E-state index in [2.05, 4.69) is 4.98 Å². The fourth-order valence-electron chi connectivity index (χ4n) is 2.99. The van der Waals surface area contributed by atoms with Crippen LogP contribution >= 0.6 is 11.8 Å². The van der Waals surface area contributed by atoms with E-state index >= 15 is 0 Å². The monoisotopic (exact) mass is 362 g/mol. The summed E-state index contributed by atoms with van der Waals surface area (Å²) in [5.74, 6) is 0.913. The molecule has 0 unspecified atom stereocenters. The normalized spacial score (nSPS) is 17.9. The molecule has 2 aliphatic rings. The van der Waals surface area contributed by atoms with Crippen LogP contribution in [0.4, 0.5) is 4.79 Å². The molecule has 134 valence electrons. The van der Waals surface area contributed by atoms with Crippen LogP contribution < -0.4 is 0 Å². The van der Waals surface area contributed by atoms with Crippen molar-refractivity contribution in [3.05, 3.63) is 30.1 Å². The van der Waals surface area contributed by atoms with Gasteiger partial charge in [0.05, 0.1) is 6.42 Å². The predicted molar refractivity (Wildman–Crippen MR) is 95.1 cm³/mol. The molecule has 0 radical (unpaired) electrons. The number of carbonyl (C=O) groups is 3. The molecule has 0 aromatic carbocycles. The molecule has 1 aromatic heterocycles. The summed E-state index contributed by atoms with van der Waals surface area (Å²) < 4.78 is 0. The number of nitrogens with zero attached hydrogens (tertiary/aromatic N) is 4. The number of amides is 3. The molecule has 25 heavy (non-hydrogen) atoms. The summed E-state index contributed by atoms with van der Waals surface area (Å²) in [7, 11) is 0. The van der Waals surface area contributed by atoms with E-state index < -0.39 is 0 Å².